The van der Waals surface area contributed by atoms with E-state index in [-0.39, 0.29) is 11.3 Å². The van der Waals surface area contributed by atoms with Crippen molar-refractivity contribution in [3.8, 4) is 28.3 Å². The average Bonchev–Trinajstić information content (AvgIpc) is 3.30. The molecule has 8 heteroatoms. The van der Waals surface area contributed by atoms with Gasteiger partial charge in [-0.3, -0.25) is 19.9 Å². The van der Waals surface area contributed by atoms with Crippen LogP contribution in [0.15, 0.2) is 91.8 Å². The van der Waals surface area contributed by atoms with Gasteiger partial charge in [0, 0.05) is 30.4 Å². The Morgan fingerprint density at radius 3 is 2.45 bits per heavy atom. The van der Waals surface area contributed by atoms with Crippen molar-refractivity contribution in [1.29, 1.82) is 5.41 Å². The van der Waals surface area contributed by atoms with Crippen molar-refractivity contribution in [1.82, 2.24) is 29.3 Å². The highest BCUT2D eigenvalue weighted by Crippen LogP contribution is 2.31. The third kappa shape index (κ3) is 4.22. The summed E-state index contributed by atoms with van der Waals surface area (Å²) in [5.41, 5.74) is 4.69. The maximum absolute atomic E-state index is 13.5. The van der Waals surface area contributed by atoms with Crippen LogP contribution < -0.4 is 5.49 Å². The number of hydrogen-bond acceptors (Lipinski definition) is 5. The molecule has 0 fully saturated rings. The first-order valence-corrected chi connectivity index (χ1v) is 10.2. The normalized spacial score (nSPS) is 11.2. The second-order valence-corrected chi connectivity index (χ2v) is 7.17. The molecule has 0 radical (unpaired) electrons. The van der Waals surface area contributed by atoms with Gasteiger partial charge in [0.15, 0.2) is 0 Å². The molecule has 0 aliphatic carbocycles. The fourth-order valence-corrected chi connectivity index (χ4v) is 3.41. The SMILES string of the molecule is N=c1ccc(-c2c(-c3ccc(F)cc3)ncn2-c2cccnc2)nn1/C=C/c1ccncc1. The maximum Gasteiger partial charge on any atom is 0.146 e. The third-order valence-electron chi connectivity index (χ3n) is 5.03. The second-order valence-electron chi connectivity index (χ2n) is 7.17. The van der Waals surface area contributed by atoms with E-state index in [9.17, 15) is 4.39 Å². The van der Waals surface area contributed by atoms with Crippen molar-refractivity contribution in [2.24, 2.45) is 0 Å². The van der Waals surface area contributed by atoms with Crippen molar-refractivity contribution in [2.75, 3.05) is 0 Å². The van der Waals surface area contributed by atoms with E-state index >= 15 is 0 Å². The van der Waals surface area contributed by atoms with Crippen LogP contribution in [0.3, 0.4) is 0 Å². The van der Waals surface area contributed by atoms with Gasteiger partial charge in [0.25, 0.3) is 0 Å². The minimum atomic E-state index is -0.317. The molecule has 0 atom stereocenters. The van der Waals surface area contributed by atoms with Crippen LogP contribution in [0.5, 0.6) is 0 Å². The topological polar surface area (TPSA) is 85.3 Å². The highest BCUT2D eigenvalue weighted by atomic mass is 19.1. The van der Waals surface area contributed by atoms with Crippen molar-refractivity contribution in [3.05, 3.63) is 109 Å². The number of hydrogen-bond donors (Lipinski definition) is 1. The number of aromatic nitrogens is 6. The molecule has 0 aliphatic heterocycles. The molecule has 0 saturated heterocycles. The summed E-state index contributed by atoms with van der Waals surface area (Å²) in [7, 11) is 0. The van der Waals surface area contributed by atoms with Crippen LogP contribution in [0.4, 0.5) is 4.39 Å². The van der Waals surface area contributed by atoms with E-state index in [0.29, 0.717) is 17.1 Å². The molecule has 0 amide bonds. The van der Waals surface area contributed by atoms with E-state index in [1.54, 1.807) is 61.6 Å². The molecule has 1 aromatic carbocycles. The fraction of sp³-hybridized carbons (Fsp3) is 0. The maximum atomic E-state index is 13.5. The Labute approximate surface area is 188 Å². The molecule has 160 valence electrons. The Morgan fingerprint density at radius 1 is 0.879 bits per heavy atom. The summed E-state index contributed by atoms with van der Waals surface area (Å²) in [6.07, 6.45) is 12.1. The molecule has 0 aliphatic rings. The number of halogens is 1. The molecule has 5 aromatic rings. The van der Waals surface area contributed by atoms with E-state index in [2.05, 4.69) is 15.0 Å². The quantitative estimate of drug-likeness (QED) is 0.442. The van der Waals surface area contributed by atoms with Gasteiger partial charge >= 0.3 is 0 Å². The van der Waals surface area contributed by atoms with Crippen LogP contribution in [0.25, 0.3) is 40.6 Å². The summed E-state index contributed by atoms with van der Waals surface area (Å²) < 4.78 is 16.9. The zero-order valence-corrected chi connectivity index (χ0v) is 17.4. The van der Waals surface area contributed by atoms with Gasteiger partial charge in [0.05, 0.1) is 17.6 Å². The van der Waals surface area contributed by atoms with Gasteiger partial charge in [0.2, 0.25) is 0 Å². The largest absolute Gasteiger partial charge is 0.295 e. The lowest BCUT2D eigenvalue weighted by Crippen LogP contribution is -2.18. The fourth-order valence-electron chi connectivity index (χ4n) is 3.41. The first kappa shape index (κ1) is 20.2. The number of nitrogens with one attached hydrogen (secondary N) is 1. The Bertz CT molecular complexity index is 1470. The minimum Gasteiger partial charge on any atom is -0.295 e. The van der Waals surface area contributed by atoms with Crippen molar-refractivity contribution < 1.29 is 4.39 Å². The first-order valence-electron chi connectivity index (χ1n) is 10.2. The Kier molecular flexibility index (Phi) is 5.38. The standard InChI is InChI=1S/C25H18FN7/c26-20-5-3-19(4-6-20)24-25(32(17-30-24)21-2-1-12-29-16-21)22-7-8-23(27)33(31-22)15-11-18-9-13-28-14-10-18/h1-17,27H/b15-11+,27-23?. The van der Waals surface area contributed by atoms with Gasteiger partial charge in [-0.05, 0) is 72.3 Å². The number of nitrogens with zero attached hydrogens (tertiary/aromatic N) is 6. The third-order valence-corrected chi connectivity index (χ3v) is 5.03. The van der Waals surface area contributed by atoms with Crippen LogP contribution in [-0.2, 0) is 0 Å². The van der Waals surface area contributed by atoms with E-state index < -0.39 is 0 Å². The predicted octanol–water partition coefficient (Wildman–Crippen LogP) is 4.44. The zero-order chi connectivity index (χ0) is 22.6. The summed E-state index contributed by atoms with van der Waals surface area (Å²) in [4.78, 5) is 12.8. The number of imidazole rings is 1. The summed E-state index contributed by atoms with van der Waals surface area (Å²) in [5.74, 6) is -0.317. The van der Waals surface area contributed by atoms with Gasteiger partial charge in [-0.1, -0.05) is 0 Å². The van der Waals surface area contributed by atoms with E-state index in [0.717, 1.165) is 16.8 Å². The molecule has 0 bridgehead atoms. The molecule has 4 heterocycles. The van der Waals surface area contributed by atoms with Gasteiger partial charge in [-0.2, -0.15) is 5.10 Å². The van der Waals surface area contributed by atoms with Gasteiger partial charge in [0.1, 0.15) is 29.0 Å². The first-order chi connectivity index (χ1) is 16.2. The molecule has 1 N–H and O–H groups in total. The Hall–Kier alpha value is -4.72. The Balaban J connectivity index is 1.66. The molecular weight excluding hydrogens is 417 g/mol. The molecule has 0 unspecified atom stereocenters. The molecule has 7 nitrogen and oxygen atoms in total. The molecule has 33 heavy (non-hydrogen) atoms. The second kappa shape index (κ2) is 8.80. The van der Waals surface area contributed by atoms with Crippen LogP contribution >= 0.6 is 0 Å². The average molecular weight is 435 g/mol. The Morgan fingerprint density at radius 2 is 1.70 bits per heavy atom. The van der Waals surface area contributed by atoms with E-state index in [1.807, 2.05) is 34.9 Å². The smallest absolute Gasteiger partial charge is 0.146 e. The monoisotopic (exact) mass is 435 g/mol. The zero-order valence-electron chi connectivity index (χ0n) is 17.4. The van der Waals surface area contributed by atoms with Gasteiger partial charge < -0.3 is 0 Å². The molecular formula is C25H18FN7. The summed E-state index contributed by atoms with van der Waals surface area (Å²) in [6.45, 7) is 0. The van der Waals surface area contributed by atoms with Crippen LogP contribution in [-0.4, -0.2) is 29.3 Å². The van der Waals surface area contributed by atoms with Crippen LogP contribution in [0, 0.1) is 11.2 Å². The number of rotatable bonds is 5. The highest BCUT2D eigenvalue weighted by molar-refractivity contribution is 5.78. The molecule has 5 rings (SSSR count). The molecule has 0 saturated carbocycles. The van der Waals surface area contributed by atoms with Gasteiger partial charge in [-0.25, -0.2) is 14.1 Å². The lowest BCUT2D eigenvalue weighted by Gasteiger charge is -2.11. The number of pyridine rings is 2. The van der Waals surface area contributed by atoms with Gasteiger partial charge in [-0.15, -0.1) is 0 Å². The van der Waals surface area contributed by atoms with Crippen molar-refractivity contribution in [3.63, 3.8) is 0 Å². The van der Waals surface area contributed by atoms with Crippen molar-refractivity contribution in [2.45, 2.75) is 0 Å². The molecule has 4 aromatic heterocycles. The van der Waals surface area contributed by atoms with Crippen LogP contribution in [0.2, 0.25) is 0 Å². The lowest BCUT2D eigenvalue weighted by molar-refractivity contribution is 0.628. The highest BCUT2D eigenvalue weighted by Gasteiger charge is 2.18. The summed E-state index contributed by atoms with van der Waals surface area (Å²) >= 11 is 0. The lowest BCUT2D eigenvalue weighted by atomic mass is 10.1. The predicted molar refractivity (Wildman–Crippen MR) is 123 cm³/mol. The van der Waals surface area contributed by atoms with E-state index in [4.69, 9.17) is 10.5 Å². The summed E-state index contributed by atoms with van der Waals surface area (Å²) in [6, 6.07) is 17.1. The number of benzene rings is 1. The van der Waals surface area contributed by atoms with Crippen LogP contribution in [0.1, 0.15) is 5.56 Å². The molecule has 0 spiro atoms. The summed E-state index contributed by atoms with van der Waals surface area (Å²) in [5, 5.41) is 13.0. The minimum absolute atomic E-state index is 0.222. The van der Waals surface area contributed by atoms with Crippen molar-refractivity contribution >= 4 is 12.3 Å². The van der Waals surface area contributed by atoms with E-state index in [1.165, 1.54) is 16.8 Å².